The fourth-order valence-electron chi connectivity index (χ4n) is 1.59. The van der Waals surface area contributed by atoms with Gasteiger partial charge in [0.25, 0.3) is 5.91 Å². The van der Waals surface area contributed by atoms with Crippen LogP contribution in [0.2, 0.25) is 5.02 Å². The minimum atomic E-state index is -0.408. The molecule has 21 heavy (non-hydrogen) atoms. The molecule has 1 heterocycles. The predicted molar refractivity (Wildman–Crippen MR) is 82.0 cm³/mol. The SMILES string of the molecule is O=C(CNC(=O)c1cc(Br)ccc1Cl)NCc1ccco1. The minimum Gasteiger partial charge on any atom is -0.467 e. The Balaban J connectivity index is 1.83. The highest BCUT2D eigenvalue weighted by atomic mass is 79.9. The lowest BCUT2D eigenvalue weighted by atomic mass is 10.2. The van der Waals surface area contributed by atoms with E-state index >= 15 is 0 Å². The van der Waals surface area contributed by atoms with Gasteiger partial charge in [-0.2, -0.15) is 0 Å². The van der Waals surface area contributed by atoms with E-state index in [1.54, 1.807) is 30.3 Å². The lowest BCUT2D eigenvalue weighted by Crippen LogP contribution is -2.36. The summed E-state index contributed by atoms with van der Waals surface area (Å²) < 4.78 is 5.82. The molecule has 1 aromatic carbocycles. The average Bonchev–Trinajstić information content (AvgIpc) is 2.98. The van der Waals surface area contributed by atoms with E-state index < -0.39 is 5.91 Å². The first-order valence-electron chi connectivity index (χ1n) is 6.08. The zero-order chi connectivity index (χ0) is 15.2. The van der Waals surface area contributed by atoms with Gasteiger partial charge in [-0.05, 0) is 30.3 Å². The summed E-state index contributed by atoms with van der Waals surface area (Å²) >= 11 is 9.20. The van der Waals surface area contributed by atoms with Crippen LogP contribution in [-0.2, 0) is 11.3 Å². The highest BCUT2D eigenvalue weighted by Gasteiger charge is 2.12. The molecular weight excluding hydrogens is 360 g/mol. The molecule has 7 heteroatoms. The highest BCUT2D eigenvalue weighted by molar-refractivity contribution is 9.10. The normalized spacial score (nSPS) is 10.2. The van der Waals surface area contributed by atoms with Crippen molar-refractivity contribution in [1.29, 1.82) is 0 Å². The summed E-state index contributed by atoms with van der Waals surface area (Å²) in [6.07, 6.45) is 1.53. The van der Waals surface area contributed by atoms with Gasteiger partial charge in [-0.25, -0.2) is 0 Å². The smallest absolute Gasteiger partial charge is 0.253 e. The molecule has 0 radical (unpaired) electrons. The lowest BCUT2D eigenvalue weighted by Gasteiger charge is -2.07. The predicted octanol–water partition coefficient (Wildman–Crippen LogP) is 2.74. The van der Waals surface area contributed by atoms with Crippen LogP contribution in [0.4, 0.5) is 0 Å². The van der Waals surface area contributed by atoms with Crippen LogP contribution < -0.4 is 10.6 Å². The summed E-state index contributed by atoms with van der Waals surface area (Å²) in [5.41, 5.74) is 0.310. The van der Waals surface area contributed by atoms with E-state index in [-0.39, 0.29) is 19.0 Å². The van der Waals surface area contributed by atoms with E-state index in [1.165, 1.54) is 6.26 Å². The Morgan fingerprint density at radius 2 is 2.05 bits per heavy atom. The molecule has 2 amide bonds. The number of furan rings is 1. The zero-order valence-electron chi connectivity index (χ0n) is 10.9. The molecule has 0 aliphatic heterocycles. The first-order valence-corrected chi connectivity index (χ1v) is 7.25. The van der Waals surface area contributed by atoms with Gasteiger partial charge in [0.1, 0.15) is 5.76 Å². The summed E-state index contributed by atoms with van der Waals surface area (Å²) in [6, 6.07) is 8.42. The summed E-state index contributed by atoms with van der Waals surface area (Å²) in [5.74, 6) is -0.0787. The molecule has 0 fully saturated rings. The van der Waals surface area contributed by atoms with Gasteiger partial charge in [0, 0.05) is 4.47 Å². The summed E-state index contributed by atoms with van der Waals surface area (Å²) in [5, 5.41) is 5.46. The van der Waals surface area contributed by atoms with Crippen LogP contribution in [0.3, 0.4) is 0 Å². The van der Waals surface area contributed by atoms with Crippen molar-refractivity contribution < 1.29 is 14.0 Å². The van der Waals surface area contributed by atoms with Gasteiger partial charge in [0.05, 0.1) is 29.9 Å². The number of hydrogen-bond acceptors (Lipinski definition) is 3. The van der Waals surface area contributed by atoms with Crippen molar-refractivity contribution in [1.82, 2.24) is 10.6 Å². The van der Waals surface area contributed by atoms with E-state index in [2.05, 4.69) is 26.6 Å². The molecule has 0 aliphatic rings. The molecule has 110 valence electrons. The number of rotatable bonds is 5. The van der Waals surface area contributed by atoms with E-state index in [0.717, 1.165) is 4.47 Å². The number of carbonyl (C=O) groups excluding carboxylic acids is 2. The van der Waals surface area contributed by atoms with Gasteiger partial charge in [-0.1, -0.05) is 27.5 Å². The number of hydrogen-bond donors (Lipinski definition) is 2. The van der Waals surface area contributed by atoms with Crippen molar-refractivity contribution >= 4 is 39.3 Å². The van der Waals surface area contributed by atoms with Crippen LogP contribution in [0.15, 0.2) is 45.5 Å². The minimum absolute atomic E-state index is 0.137. The number of halogens is 2. The average molecular weight is 372 g/mol. The van der Waals surface area contributed by atoms with E-state index in [4.69, 9.17) is 16.0 Å². The van der Waals surface area contributed by atoms with Gasteiger partial charge < -0.3 is 15.1 Å². The van der Waals surface area contributed by atoms with Crippen molar-refractivity contribution in [3.63, 3.8) is 0 Å². The van der Waals surface area contributed by atoms with Crippen LogP contribution >= 0.6 is 27.5 Å². The van der Waals surface area contributed by atoms with Crippen LogP contribution in [0.25, 0.3) is 0 Å². The summed E-state index contributed by atoms with van der Waals surface area (Å²) in [6.45, 7) is 0.141. The Morgan fingerprint density at radius 3 is 2.76 bits per heavy atom. The topological polar surface area (TPSA) is 71.3 Å². The molecule has 2 rings (SSSR count). The van der Waals surface area contributed by atoms with E-state index in [1.807, 2.05) is 0 Å². The van der Waals surface area contributed by atoms with Crippen molar-refractivity contribution in [3.8, 4) is 0 Å². The molecule has 1 aromatic heterocycles. The molecule has 5 nitrogen and oxygen atoms in total. The molecule has 0 bridgehead atoms. The maximum absolute atomic E-state index is 11.9. The van der Waals surface area contributed by atoms with Gasteiger partial charge in [-0.15, -0.1) is 0 Å². The van der Waals surface area contributed by atoms with Crippen molar-refractivity contribution in [2.24, 2.45) is 0 Å². The van der Waals surface area contributed by atoms with Crippen LogP contribution in [0.1, 0.15) is 16.1 Å². The highest BCUT2D eigenvalue weighted by Crippen LogP contribution is 2.20. The second-order valence-corrected chi connectivity index (χ2v) is 5.49. The second kappa shape index (κ2) is 7.28. The zero-order valence-corrected chi connectivity index (χ0v) is 13.2. The molecular formula is C14H12BrClN2O3. The monoisotopic (exact) mass is 370 g/mol. The molecule has 0 spiro atoms. The number of nitrogens with one attached hydrogen (secondary N) is 2. The Hall–Kier alpha value is -1.79. The quantitative estimate of drug-likeness (QED) is 0.849. The molecule has 0 saturated carbocycles. The van der Waals surface area contributed by atoms with E-state index in [0.29, 0.717) is 16.3 Å². The maximum Gasteiger partial charge on any atom is 0.253 e. The third kappa shape index (κ3) is 4.61. The van der Waals surface area contributed by atoms with Gasteiger partial charge in [0.2, 0.25) is 5.91 Å². The second-order valence-electron chi connectivity index (χ2n) is 4.16. The first kappa shape index (κ1) is 15.6. The molecule has 2 aromatic rings. The largest absolute Gasteiger partial charge is 0.467 e. The van der Waals surface area contributed by atoms with Gasteiger partial charge >= 0.3 is 0 Å². The van der Waals surface area contributed by atoms with Crippen molar-refractivity contribution in [2.75, 3.05) is 6.54 Å². The van der Waals surface area contributed by atoms with Crippen LogP contribution in [0.5, 0.6) is 0 Å². The van der Waals surface area contributed by atoms with Crippen molar-refractivity contribution in [2.45, 2.75) is 6.54 Å². The number of benzene rings is 1. The Kier molecular flexibility index (Phi) is 5.41. The van der Waals surface area contributed by atoms with Crippen LogP contribution in [-0.4, -0.2) is 18.4 Å². The van der Waals surface area contributed by atoms with Crippen LogP contribution in [0, 0.1) is 0 Å². The fraction of sp³-hybridized carbons (Fsp3) is 0.143. The third-order valence-corrected chi connectivity index (χ3v) is 3.45. The fourth-order valence-corrected chi connectivity index (χ4v) is 2.15. The van der Waals surface area contributed by atoms with E-state index in [9.17, 15) is 9.59 Å². The Morgan fingerprint density at radius 1 is 1.24 bits per heavy atom. The lowest BCUT2D eigenvalue weighted by molar-refractivity contribution is -0.120. The third-order valence-electron chi connectivity index (χ3n) is 2.62. The molecule has 2 N–H and O–H groups in total. The summed E-state index contributed by atoms with van der Waals surface area (Å²) in [4.78, 5) is 23.6. The van der Waals surface area contributed by atoms with Crippen molar-refractivity contribution in [3.05, 3.63) is 57.4 Å². The Bertz CT molecular complexity index is 644. The first-order chi connectivity index (χ1) is 10.1. The molecule has 0 saturated heterocycles. The van der Waals surface area contributed by atoms with Gasteiger partial charge in [0.15, 0.2) is 0 Å². The molecule has 0 aliphatic carbocycles. The standard InChI is InChI=1S/C14H12BrClN2O3/c15-9-3-4-12(16)11(6-9)14(20)18-8-13(19)17-7-10-2-1-5-21-10/h1-6H,7-8H2,(H,17,19)(H,18,20). The molecule has 0 atom stereocenters. The molecule has 0 unspecified atom stereocenters. The Labute approximate surface area is 134 Å². The van der Waals surface area contributed by atoms with Gasteiger partial charge in [-0.3, -0.25) is 9.59 Å². The maximum atomic E-state index is 11.9. The number of amides is 2. The summed E-state index contributed by atoms with van der Waals surface area (Å²) in [7, 11) is 0. The number of carbonyl (C=O) groups is 2.